The van der Waals surface area contributed by atoms with Gasteiger partial charge in [0.25, 0.3) is 0 Å². The van der Waals surface area contributed by atoms with Gasteiger partial charge < -0.3 is 0 Å². The summed E-state index contributed by atoms with van der Waals surface area (Å²) in [5.74, 6) is 0. The number of benzene rings is 1. The smallest absolute Gasteiger partial charge is 0.269 e. The molecule has 0 N–H and O–H groups in total. The van der Waals surface area contributed by atoms with Gasteiger partial charge in [-0.3, -0.25) is 4.99 Å². The van der Waals surface area contributed by atoms with E-state index < -0.39 is 0 Å². The summed E-state index contributed by atoms with van der Waals surface area (Å²) in [6.45, 7) is 0. The first-order valence-electron chi connectivity index (χ1n) is 3.73. The quantitative estimate of drug-likeness (QED) is 0.530. The molecular formula is C10H10N+. The van der Waals surface area contributed by atoms with Crippen LogP contribution in [0.5, 0.6) is 0 Å². The van der Waals surface area contributed by atoms with Crippen molar-refractivity contribution in [3.63, 3.8) is 0 Å². The van der Waals surface area contributed by atoms with Crippen molar-refractivity contribution in [1.82, 2.24) is 0 Å². The minimum atomic E-state index is 0. The summed E-state index contributed by atoms with van der Waals surface area (Å²) >= 11 is 0. The molecule has 1 heterocycles. The van der Waals surface area contributed by atoms with Crippen LogP contribution in [0.2, 0.25) is 0 Å². The number of nitrogens with zero attached hydrogens (tertiary/aromatic N) is 1. The highest BCUT2D eigenvalue weighted by Gasteiger charge is 1.97. The Hall–Kier alpha value is -1.37. The summed E-state index contributed by atoms with van der Waals surface area (Å²) in [5.41, 5.74) is 2.63. The molecule has 0 atom stereocenters. The van der Waals surface area contributed by atoms with Crippen LogP contribution in [0.25, 0.3) is 6.08 Å². The predicted molar refractivity (Wildman–Crippen MR) is 48.8 cm³/mol. The van der Waals surface area contributed by atoms with E-state index in [2.05, 4.69) is 29.3 Å². The molecule has 0 amide bonds. The van der Waals surface area contributed by atoms with E-state index in [9.17, 15) is 0 Å². The van der Waals surface area contributed by atoms with Gasteiger partial charge in [0.1, 0.15) is 0 Å². The van der Waals surface area contributed by atoms with Gasteiger partial charge in [0.05, 0.1) is 0 Å². The van der Waals surface area contributed by atoms with Crippen LogP contribution < -0.4 is 0 Å². The Balaban J connectivity index is 0.000000720. The van der Waals surface area contributed by atoms with Crippen LogP contribution in [0.3, 0.4) is 0 Å². The highest BCUT2D eigenvalue weighted by Crippen LogP contribution is 2.12. The van der Waals surface area contributed by atoms with Gasteiger partial charge in [-0.2, -0.15) is 0 Å². The molecule has 1 heteroatoms. The lowest BCUT2D eigenvalue weighted by Crippen LogP contribution is -1.87. The lowest BCUT2D eigenvalue weighted by molar-refractivity contribution is 1.35. The Morgan fingerprint density at radius 2 is 2.18 bits per heavy atom. The Morgan fingerprint density at radius 1 is 1.27 bits per heavy atom. The normalized spacial score (nSPS) is 14.2. The fourth-order valence-electron chi connectivity index (χ4n) is 1.22. The van der Waals surface area contributed by atoms with Crippen LogP contribution >= 0.6 is 0 Å². The number of hydrogen-bond donors (Lipinski definition) is 0. The van der Waals surface area contributed by atoms with Crippen molar-refractivity contribution in [2.75, 3.05) is 0 Å². The molecule has 1 aliphatic heterocycles. The van der Waals surface area contributed by atoms with Crippen LogP contribution in [0.1, 0.15) is 12.6 Å². The van der Waals surface area contributed by atoms with E-state index in [0.717, 1.165) is 6.42 Å². The zero-order valence-corrected chi connectivity index (χ0v) is 6.20. The van der Waals surface area contributed by atoms with Gasteiger partial charge in [0, 0.05) is 18.8 Å². The highest BCUT2D eigenvalue weighted by molar-refractivity contribution is 5.69. The van der Waals surface area contributed by atoms with Crippen LogP contribution in [0.15, 0.2) is 35.5 Å². The summed E-state index contributed by atoms with van der Waals surface area (Å²) in [6, 6.07) is 8.36. The minimum Gasteiger partial charge on any atom is -0.269 e. The molecule has 0 saturated heterocycles. The predicted octanol–water partition coefficient (Wildman–Crippen LogP) is 2.40. The third-order valence-corrected chi connectivity index (χ3v) is 1.81. The molecule has 1 nitrogen and oxygen atoms in total. The molecule has 1 aromatic rings. The number of fused-ring (bicyclic) bond motifs is 1. The summed E-state index contributed by atoms with van der Waals surface area (Å²) in [4.78, 5) is 4.08. The van der Waals surface area contributed by atoms with E-state index in [1.54, 1.807) is 0 Å². The maximum atomic E-state index is 4.08. The Morgan fingerprint density at radius 3 is 3.18 bits per heavy atom. The molecule has 2 rings (SSSR count). The first-order chi connectivity index (χ1) is 5.47. The van der Waals surface area contributed by atoms with E-state index in [1.807, 2.05) is 18.5 Å². The fraction of sp³-hybridized carbons (Fsp3) is 0.100. The molecule has 54 valence electrons. The second-order valence-electron chi connectivity index (χ2n) is 2.55. The van der Waals surface area contributed by atoms with Crippen molar-refractivity contribution in [1.29, 1.82) is 0 Å². The van der Waals surface area contributed by atoms with Gasteiger partial charge in [-0.15, -0.1) is 0 Å². The van der Waals surface area contributed by atoms with Crippen LogP contribution in [-0.2, 0) is 6.42 Å². The van der Waals surface area contributed by atoms with Crippen molar-refractivity contribution in [3.05, 3.63) is 41.6 Å². The van der Waals surface area contributed by atoms with E-state index in [0.29, 0.717) is 0 Å². The molecule has 0 unspecified atom stereocenters. The van der Waals surface area contributed by atoms with Gasteiger partial charge in [-0.05, 0) is 17.2 Å². The third-order valence-electron chi connectivity index (χ3n) is 1.81. The van der Waals surface area contributed by atoms with E-state index in [4.69, 9.17) is 0 Å². The largest absolute Gasteiger partial charge is 1.00 e. The SMILES string of the molecule is C1=Cc2ccccc2CC=N1.[H+]. The lowest BCUT2D eigenvalue weighted by atomic mass is 10.1. The molecule has 1 aromatic carbocycles. The molecule has 1 aliphatic rings. The van der Waals surface area contributed by atoms with Crippen molar-refractivity contribution < 1.29 is 1.43 Å². The first-order valence-corrected chi connectivity index (χ1v) is 3.73. The third kappa shape index (κ3) is 1.22. The fourth-order valence-corrected chi connectivity index (χ4v) is 1.22. The van der Waals surface area contributed by atoms with E-state index in [-0.39, 0.29) is 1.43 Å². The maximum Gasteiger partial charge on any atom is 1.00 e. The summed E-state index contributed by atoms with van der Waals surface area (Å²) in [5, 5.41) is 0. The topological polar surface area (TPSA) is 12.4 Å². The van der Waals surface area contributed by atoms with Gasteiger partial charge in [0.2, 0.25) is 0 Å². The summed E-state index contributed by atoms with van der Waals surface area (Å²) < 4.78 is 0. The number of rotatable bonds is 0. The monoisotopic (exact) mass is 144 g/mol. The van der Waals surface area contributed by atoms with Gasteiger partial charge in [0.15, 0.2) is 0 Å². The second-order valence-corrected chi connectivity index (χ2v) is 2.55. The van der Waals surface area contributed by atoms with Gasteiger partial charge >= 0.3 is 1.43 Å². The first kappa shape index (κ1) is 6.35. The van der Waals surface area contributed by atoms with Crippen molar-refractivity contribution in [2.24, 2.45) is 4.99 Å². The molecule has 0 saturated carbocycles. The molecule has 0 aliphatic carbocycles. The zero-order valence-electron chi connectivity index (χ0n) is 7.20. The van der Waals surface area contributed by atoms with Gasteiger partial charge in [-0.1, -0.05) is 24.3 Å². The van der Waals surface area contributed by atoms with E-state index >= 15 is 0 Å². The van der Waals surface area contributed by atoms with Crippen molar-refractivity contribution >= 4 is 12.3 Å². The number of aliphatic imine (C=N–C) groups is 1. The molecule has 0 bridgehead atoms. The molecule has 0 radical (unpaired) electrons. The molecular weight excluding hydrogens is 134 g/mol. The van der Waals surface area contributed by atoms with Crippen molar-refractivity contribution in [3.8, 4) is 0 Å². The standard InChI is InChI=1S/C10H9N/c1-2-4-10-6-8-11-7-5-9(10)3-1/h1-5,7-8H,6H2/p+1. The molecule has 11 heavy (non-hydrogen) atoms. The van der Waals surface area contributed by atoms with Crippen LogP contribution in [0.4, 0.5) is 0 Å². The van der Waals surface area contributed by atoms with Gasteiger partial charge in [-0.25, -0.2) is 0 Å². The zero-order chi connectivity index (χ0) is 7.52. The summed E-state index contributed by atoms with van der Waals surface area (Å²) in [6.07, 6.45) is 6.76. The second kappa shape index (κ2) is 2.70. The Kier molecular flexibility index (Phi) is 1.56. The maximum absolute atomic E-state index is 4.08. The molecule has 0 aromatic heterocycles. The average molecular weight is 144 g/mol. The highest BCUT2D eigenvalue weighted by atomic mass is 14.7. The lowest BCUT2D eigenvalue weighted by Gasteiger charge is -1.98. The van der Waals surface area contributed by atoms with Crippen LogP contribution in [-0.4, -0.2) is 6.21 Å². The van der Waals surface area contributed by atoms with E-state index in [1.165, 1.54) is 11.1 Å². The van der Waals surface area contributed by atoms with Crippen LogP contribution in [0, 0.1) is 0 Å². The molecule has 0 fully saturated rings. The van der Waals surface area contributed by atoms with Crippen molar-refractivity contribution in [2.45, 2.75) is 6.42 Å². The number of hydrogen-bond acceptors (Lipinski definition) is 1. The molecule has 0 spiro atoms. The Labute approximate surface area is 67.6 Å². The summed E-state index contributed by atoms with van der Waals surface area (Å²) in [7, 11) is 0. The minimum absolute atomic E-state index is 0. The average Bonchev–Trinajstić information content (AvgIpc) is 2.28. The Bertz CT molecular complexity index is 315.